The molecule has 1 fully saturated rings. The molecule has 0 aliphatic carbocycles. The molecular weight excluding hydrogens is 322 g/mol. The first kappa shape index (κ1) is 16.3. The third-order valence-electron chi connectivity index (χ3n) is 2.84. The van der Waals surface area contributed by atoms with Crippen molar-refractivity contribution in [2.75, 3.05) is 0 Å². The highest BCUT2D eigenvalue weighted by Crippen LogP contribution is 2.36. The molecule has 1 aromatic rings. The van der Waals surface area contributed by atoms with Crippen LogP contribution in [0.25, 0.3) is 6.08 Å². The van der Waals surface area contributed by atoms with E-state index in [2.05, 4.69) is 0 Å². The third kappa shape index (κ3) is 3.96. The van der Waals surface area contributed by atoms with E-state index in [4.69, 9.17) is 23.8 Å². The average molecular weight is 338 g/mol. The summed E-state index contributed by atoms with van der Waals surface area (Å²) in [5.41, 5.74) is 0.664. The first-order valence-electron chi connectivity index (χ1n) is 6.49. The number of rotatable bonds is 2. The highest BCUT2D eigenvalue weighted by molar-refractivity contribution is 8.26. The largest absolute Gasteiger partial charge is 0.288 e. The van der Waals surface area contributed by atoms with Crippen LogP contribution in [0.1, 0.15) is 26.3 Å². The maximum absolute atomic E-state index is 12.4. The fraction of sp³-hybridized carbons (Fsp3) is 0.250. The van der Waals surface area contributed by atoms with Gasteiger partial charge >= 0.3 is 0 Å². The van der Waals surface area contributed by atoms with Crippen molar-refractivity contribution in [1.29, 1.82) is 0 Å². The van der Waals surface area contributed by atoms with Gasteiger partial charge < -0.3 is 0 Å². The molecule has 1 amide bonds. The Hall–Kier alpha value is -1.10. The zero-order valence-corrected chi connectivity index (χ0v) is 14.5. The van der Waals surface area contributed by atoms with E-state index in [1.807, 2.05) is 57.2 Å². The Morgan fingerprint density at radius 2 is 1.90 bits per heavy atom. The Bertz CT molecular complexity index is 629. The second-order valence-corrected chi connectivity index (χ2v) is 7.74. The smallest absolute Gasteiger partial charge is 0.266 e. The number of nitrogens with zero attached hydrogens (tertiary/aromatic N) is 1. The predicted molar refractivity (Wildman–Crippen MR) is 95.1 cm³/mol. The van der Waals surface area contributed by atoms with Gasteiger partial charge in [0.15, 0.2) is 0 Å². The molecule has 0 unspecified atom stereocenters. The molecule has 1 aromatic carbocycles. The van der Waals surface area contributed by atoms with E-state index >= 15 is 0 Å². The Balaban J connectivity index is 2.25. The van der Waals surface area contributed by atoms with Gasteiger partial charge in [-0.15, -0.1) is 0 Å². The number of halogens is 1. The van der Waals surface area contributed by atoms with Gasteiger partial charge in [0.25, 0.3) is 5.91 Å². The molecule has 2 rings (SSSR count). The first-order valence-corrected chi connectivity index (χ1v) is 8.09. The van der Waals surface area contributed by atoms with Crippen molar-refractivity contribution in [3.63, 3.8) is 0 Å². The molecule has 21 heavy (non-hydrogen) atoms. The number of thiocarbonyl (C=S) groups is 1. The van der Waals surface area contributed by atoms with Crippen molar-refractivity contribution in [2.45, 2.75) is 26.3 Å². The quantitative estimate of drug-likeness (QED) is 0.570. The minimum atomic E-state index is -0.327. The van der Waals surface area contributed by atoms with Gasteiger partial charge in [0.2, 0.25) is 0 Å². The van der Waals surface area contributed by atoms with Gasteiger partial charge in [-0.1, -0.05) is 65.9 Å². The average Bonchev–Trinajstić information content (AvgIpc) is 2.64. The van der Waals surface area contributed by atoms with Gasteiger partial charge in [-0.05, 0) is 38.5 Å². The predicted octanol–water partition coefficient (Wildman–Crippen LogP) is 4.81. The van der Waals surface area contributed by atoms with Crippen LogP contribution in [-0.2, 0) is 4.79 Å². The highest BCUT2D eigenvalue weighted by Gasteiger charge is 2.39. The van der Waals surface area contributed by atoms with Crippen LogP contribution in [0.2, 0.25) is 0 Å². The zero-order valence-electron chi connectivity index (χ0n) is 12.1. The van der Waals surface area contributed by atoms with E-state index in [0.29, 0.717) is 14.3 Å². The van der Waals surface area contributed by atoms with Crippen LogP contribution in [0, 0.1) is 0 Å². The lowest BCUT2D eigenvalue weighted by Crippen LogP contribution is -2.44. The summed E-state index contributed by atoms with van der Waals surface area (Å²) in [6.07, 6.45) is 3.50. The monoisotopic (exact) mass is 337 g/mol. The summed E-state index contributed by atoms with van der Waals surface area (Å²) in [4.78, 5) is 14.6. The summed E-state index contributed by atoms with van der Waals surface area (Å²) in [7, 11) is 0. The van der Waals surface area contributed by atoms with E-state index < -0.39 is 0 Å². The Morgan fingerprint density at radius 1 is 1.29 bits per heavy atom. The fourth-order valence-electron chi connectivity index (χ4n) is 1.92. The van der Waals surface area contributed by atoms with Gasteiger partial charge in [-0.3, -0.25) is 9.69 Å². The van der Waals surface area contributed by atoms with Crippen LogP contribution in [-0.4, -0.2) is 20.7 Å². The van der Waals surface area contributed by atoms with Crippen LogP contribution in [0.4, 0.5) is 0 Å². The van der Waals surface area contributed by atoms with Crippen LogP contribution < -0.4 is 0 Å². The topological polar surface area (TPSA) is 20.3 Å². The van der Waals surface area contributed by atoms with E-state index in [0.717, 1.165) is 5.56 Å². The number of benzene rings is 1. The van der Waals surface area contributed by atoms with Gasteiger partial charge in [-0.25, -0.2) is 0 Å². The maximum Gasteiger partial charge on any atom is 0.266 e. The van der Waals surface area contributed by atoms with E-state index in [1.54, 1.807) is 11.0 Å². The van der Waals surface area contributed by atoms with Crippen LogP contribution in [0.15, 0.2) is 46.3 Å². The standard InChI is InChI=1S/C16H16ClNOS2/c1-16(2,3)18-14(19)13(21-15(18)20)10-12(17)9-11-7-5-4-6-8-11/h4-10H,1-3H3/b12-9-,13-10-. The second-order valence-electron chi connectivity index (χ2n) is 5.63. The number of thioether (sulfide) groups is 1. The minimum Gasteiger partial charge on any atom is -0.288 e. The molecule has 1 aliphatic heterocycles. The minimum absolute atomic E-state index is 0.0860. The number of amides is 1. The molecule has 110 valence electrons. The van der Waals surface area contributed by atoms with Gasteiger partial charge in [-0.2, -0.15) is 0 Å². The van der Waals surface area contributed by atoms with E-state index in [9.17, 15) is 4.79 Å². The molecule has 0 saturated carbocycles. The normalized spacial score (nSPS) is 18.8. The number of carbonyl (C=O) groups excluding carboxylic acids is 1. The zero-order chi connectivity index (χ0) is 15.6. The summed E-state index contributed by atoms with van der Waals surface area (Å²) in [6, 6.07) is 9.73. The molecule has 2 nitrogen and oxygen atoms in total. The van der Waals surface area contributed by atoms with Crippen molar-refractivity contribution < 1.29 is 4.79 Å². The number of hydrogen-bond acceptors (Lipinski definition) is 3. The van der Waals surface area contributed by atoms with Crippen molar-refractivity contribution >= 4 is 51.9 Å². The van der Waals surface area contributed by atoms with Gasteiger partial charge in [0.05, 0.1) is 4.91 Å². The highest BCUT2D eigenvalue weighted by atomic mass is 35.5. The summed E-state index contributed by atoms with van der Waals surface area (Å²) in [6.45, 7) is 5.88. The Morgan fingerprint density at radius 3 is 2.43 bits per heavy atom. The molecule has 0 radical (unpaired) electrons. The Labute approximate surface area is 139 Å². The third-order valence-corrected chi connectivity index (χ3v) is 4.36. The van der Waals surface area contributed by atoms with Crippen molar-refractivity contribution in [1.82, 2.24) is 4.90 Å². The summed E-state index contributed by atoms with van der Waals surface area (Å²) in [5, 5.41) is 0.510. The Kier molecular flexibility index (Phi) is 4.91. The number of allylic oxidation sites excluding steroid dienone is 2. The van der Waals surface area contributed by atoms with E-state index in [1.165, 1.54) is 11.8 Å². The van der Waals surface area contributed by atoms with Crippen LogP contribution >= 0.6 is 35.6 Å². The first-order chi connectivity index (χ1) is 9.79. The number of carbonyl (C=O) groups is 1. The molecule has 0 spiro atoms. The SMILES string of the molecule is CC(C)(C)N1C(=O)/C(=C/C(Cl)=C/c2ccccc2)SC1=S. The second kappa shape index (κ2) is 6.34. The van der Waals surface area contributed by atoms with Crippen LogP contribution in [0.5, 0.6) is 0 Å². The summed E-state index contributed by atoms with van der Waals surface area (Å²) >= 11 is 12.8. The summed E-state index contributed by atoms with van der Waals surface area (Å²) < 4.78 is 0.572. The maximum atomic E-state index is 12.4. The lowest BCUT2D eigenvalue weighted by Gasteiger charge is -2.30. The van der Waals surface area contributed by atoms with E-state index in [-0.39, 0.29) is 11.4 Å². The summed E-state index contributed by atoms with van der Waals surface area (Å²) in [5.74, 6) is -0.0860. The molecule has 1 aliphatic rings. The lowest BCUT2D eigenvalue weighted by atomic mass is 10.1. The lowest BCUT2D eigenvalue weighted by molar-refractivity contribution is -0.125. The molecule has 0 bridgehead atoms. The van der Waals surface area contributed by atoms with Gasteiger partial charge in [0.1, 0.15) is 4.32 Å². The molecule has 5 heteroatoms. The fourth-order valence-corrected chi connectivity index (χ4v) is 3.85. The van der Waals surface area contributed by atoms with Crippen molar-refractivity contribution in [3.8, 4) is 0 Å². The van der Waals surface area contributed by atoms with Gasteiger partial charge in [0, 0.05) is 10.6 Å². The molecule has 0 N–H and O–H groups in total. The molecule has 1 saturated heterocycles. The van der Waals surface area contributed by atoms with Crippen molar-refractivity contribution in [2.24, 2.45) is 0 Å². The molecule has 0 atom stereocenters. The van der Waals surface area contributed by atoms with Crippen molar-refractivity contribution in [3.05, 3.63) is 51.9 Å². The molecule has 1 heterocycles. The molecule has 0 aromatic heterocycles. The van der Waals surface area contributed by atoms with Crippen LogP contribution in [0.3, 0.4) is 0 Å². The molecular formula is C16H16ClNOS2. The number of hydrogen-bond donors (Lipinski definition) is 0.